The predicted molar refractivity (Wildman–Crippen MR) is 124 cm³/mol. The van der Waals surface area contributed by atoms with Crippen molar-refractivity contribution in [3.63, 3.8) is 0 Å². The van der Waals surface area contributed by atoms with Crippen LogP contribution in [-0.2, 0) is 4.79 Å². The fraction of sp³-hybridized carbons (Fsp3) is 0.893. The maximum atomic E-state index is 11.9. The molecule has 0 aromatic heterocycles. The van der Waals surface area contributed by atoms with Crippen molar-refractivity contribution in [3.8, 4) is 0 Å². The van der Waals surface area contributed by atoms with E-state index in [2.05, 4.69) is 33.8 Å². The summed E-state index contributed by atoms with van der Waals surface area (Å²) in [5.41, 5.74) is 2.43. The monoisotopic (exact) mass is 414 g/mol. The summed E-state index contributed by atoms with van der Waals surface area (Å²) in [4.78, 5) is 11.9. The second kappa shape index (κ2) is 8.38. The first-order chi connectivity index (χ1) is 14.2. The molecule has 0 bridgehead atoms. The van der Waals surface area contributed by atoms with Crippen LogP contribution in [0.25, 0.3) is 0 Å². The molecule has 30 heavy (non-hydrogen) atoms. The van der Waals surface area contributed by atoms with Crippen LogP contribution in [0.1, 0.15) is 105 Å². The molecule has 0 aliphatic heterocycles. The lowest BCUT2D eigenvalue weighted by atomic mass is 9.47. The quantitative estimate of drug-likeness (QED) is 0.477. The Bertz CT molecular complexity index is 680. The SMILES string of the molecule is CC[C@@H](CC[C@H](C)[C@H]1CC[C@@H]2[C@H]3CC=C4C[C@@H](O)CC[C@@]4(C)[C@@H]3CC[C@]21C)C(C)=O. The summed E-state index contributed by atoms with van der Waals surface area (Å²) in [5.74, 6) is 4.79. The summed E-state index contributed by atoms with van der Waals surface area (Å²) in [5, 5.41) is 10.2. The lowest BCUT2D eigenvalue weighted by Gasteiger charge is -2.58. The van der Waals surface area contributed by atoms with E-state index in [1.54, 1.807) is 12.5 Å². The molecule has 3 saturated carbocycles. The summed E-state index contributed by atoms with van der Waals surface area (Å²) in [7, 11) is 0. The molecule has 0 saturated heterocycles. The van der Waals surface area contributed by atoms with Gasteiger partial charge in [0.25, 0.3) is 0 Å². The maximum absolute atomic E-state index is 11.9. The molecule has 4 rings (SSSR count). The van der Waals surface area contributed by atoms with Crippen molar-refractivity contribution >= 4 is 5.78 Å². The molecule has 4 aliphatic rings. The summed E-state index contributed by atoms with van der Waals surface area (Å²) in [6.45, 7) is 11.6. The summed E-state index contributed by atoms with van der Waals surface area (Å²) >= 11 is 0. The van der Waals surface area contributed by atoms with Crippen LogP contribution in [0.4, 0.5) is 0 Å². The first-order valence-corrected chi connectivity index (χ1v) is 13.1. The molecular weight excluding hydrogens is 368 g/mol. The number of aliphatic hydroxyl groups excluding tert-OH is 1. The van der Waals surface area contributed by atoms with Gasteiger partial charge in [-0.2, -0.15) is 0 Å². The molecule has 0 unspecified atom stereocenters. The standard InChI is InChI=1S/C28H46O2/c1-6-20(19(3)29)8-7-18(2)24-11-12-25-23-10-9-21-17-22(30)13-15-27(21,4)26(23)14-16-28(24,25)5/h9,18,20,22-26,30H,6-8,10-17H2,1-5H3/t18-,20-,22-,23+,24+,25+,26+,27+,28-/m0/s1. The maximum Gasteiger partial charge on any atom is 0.132 e. The number of Topliss-reactive ketones (excluding diaryl/α,β-unsaturated/α-hetero) is 1. The summed E-state index contributed by atoms with van der Waals surface area (Å²) in [6, 6.07) is 0. The number of aliphatic hydroxyl groups is 1. The average Bonchev–Trinajstić information content (AvgIpc) is 3.06. The van der Waals surface area contributed by atoms with Gasteiger partial charge >= 0.3 is 0 Å². The average molecular weight is 415 g/mol. The summed E-state index contributed by atoms with van der Waals surface area (Å²) in [6.07, 6.45) is 15.7. The van der Waals surface area contributed by atoms with Gasteiger partial charge in [0.1, 0.15) is 5.78 Å². The third kappa shape index (κ3) is 3.63. The van der Waals surface area contributed by atoms with E-state index in [4.69, 9.17) is 0 Å². The van der Waals surface area contributed by atoms with Crippen LogP contribution in [0.5, 0.6) is 0 Å². The number of hydrogen-bond donors (Lipinski definition) is 1. The zero-order valence-electron chi connectivity index (χ0n) is 20.3. The molecule has 2 heteroatoms. The first kappa shape index (κ1) is 22.6. The Kier molecular flexibility index (Phi) is 6.30. The van der Waals surface area contributed by atoms with Gasteiger partial charge in [-0.3, -0.25) is 4.79 Å². The van der Waals surface area contributed by atoms with Crippen LogP contribution < -0.4 is 0 Å². The minimum Gasteiger partial charge on any atom is -0.393 e. The van der Waals surface area contributed by atoms with Crippen LogP contribution in [0.2, 0.25) is 0 Å². The van der Waals surface area contributed by atoms with Crippen molar-refractivity contribution < 1.29 is 9.90 Å². The van der Waals surface area contributed by atoms with Crippen molar-refractivity contribution in [3.05, 3.63) is 11.6 Å². The molecule has 170 valence electrons. The highest BCUT2D eigenvalue weighted by Gasteiger charge is 2.59. The second-order valence-electron chi connectivity index (χ2n) is 12.2. The molecule has 4 aliphatic carbocycles. The smallest absolute Gasteiger partial charge is 0.132 e. The molecule has 3 fully saturated rings. The minimum absolute atomic E-state index is 0.103. The lowest BCUT2D eigenvalue weighted by molar-refractivity contribution is -0.121. The predicted octanol–water partition coefficient (Wildman–Crippen LogP) is 6.96. The number of carbonyl (C=O) groups excluding carboxylic acids is 1. The van der Waals surface area contributed by atoms with Gasteiger partial charge in [0, 0.05) is 5.92 Å². The highest BCUT2D eigenvalue weighted by molar-refractivity contribution is 5.78. The molecule has 1 N–H and O–H groups in total. The van der Waals surface area contributed by atoms with Crippen LogP contribution in [0.3, 0.4) is 0 Å². The van der Waals surface area contributed by atoms with Gasteiger partial charge in [-0.05, 0) is 118 Å². The number of carbonyl (C=O) groups is 1. The van der Waals surface area contributed by atoms with E-state index in [1.807, 2.05) is 0 Å². The summed E-state index contributed by atoms with van der Waals surface area (Å²) < 4.78 is 0. The number of rotatable bonds is 6. The topological polar surface area (TPSA) is 37.3 Å². The Morgan fingerprint density at radius 1 is 1.13 bits per heavy atom. The van der Waals surface area contributed by atoms with Crippen molar-refractivity contribution in [2.24, 2.45) is 46.3 Å². The molecule has 2 nitrogen and oxygen atoms in total. The van der Waals surface area contributed by atoms with Crippen molar-refractivity contribution in [1.82, 2.24) is 0 Å². The lowest BCUT2D eigenvalue weighted by Crippen LogP contribution is -2.50. The Labute approximate surface area is 185 Å². The number of fused-ring (bicyclic) bond motifs is 5. The fourth-order valence-electron chi connectivity index (χ4n) is 8.98. The van der Waals surface area contributed by atoms with Crippen molar-refractivity contribution in [1.29, 1.82) is 0 Å². The van der Waals surface area contributed by atoms with Crippen LogP contribution in [0.15, 0.2) is 11.6 Å². The van der Waals surface area contributed by atoms with Gasteiger partial charge < -0.3 is 5.11 Å². The molecule has 0 spiro atoms. The van der Waals surface area contributed by atoms with Gasteiger partial charge in [-0.1, -0.05) is 39.3 Å². The molecule has 9 atom stereocenters. The van der Waals surface area contributed by atoms with E-state index in [9.17, 15) is 9.90 Å². The number of ketones is 1. The van der Waals surface area contributed by atoms with E-state index >= 15 is 0 Å². The Morgan fingerprint density at radius 3 is 2.60 bits per heavy atom. The third-order valence-electron chi connectivity index (χ3n) is 10.9. The zero-order valence-corrected chi connectivity index (χ0v) is 20.3. The second-order valence-corrected chi connectivity index (χ2v) is 12.2. The van der Waals surface area contributed by atoms with Crippen molar-refractivity contribution in [2.75, 3.05) is 0 Å². The van der Waals surface area contributed by atoms with E-state index < -0.39 is 0 Å². The minimum atomic E-state index is -0.103. The third-order valence-corrected chi connectivity index (χ3v) is 10.9. The number of hydrogen-bond acceptors (Lipinski definition) is 2. The molecular formula is C28H46O2. The van der Waals surface area contributed by atoms with E-state index in [0.29, 0.717) is 16.6 Å². The largest absolute Gasteiger partial charge is 0.393 e. The van der Waals surface area contributed by atoms with Crippen LogP contribution in [-0.4, -0.2) is 17.0 Å². The van der Waals surface area contributed by atoms with E-state index in [1.165, 1.54) is 44.9 Å². The molecule has 0 aromatic rings. The molecule has 0 heterocycles. The van der Waals surface area contributed by atoms with E-state index in [-0.39, 0.29) is 12.0 Å². The van der Waals surface area contributed by atoms with Gasteiger partial charge in [-0.15, -0.1) is 0 Å². The van der Waals surface area contributed by atoms with Gasteiger partial charge in [0.15, 0.2) is 0 Å². The zero-order chi connectivity index (χ0) is 21.7. The van der Waals surface area contributed by atoms with Crippen molar-refractivity contribution in [2.45, 2.75) is 111 Å². The van der Waals surface area contributed by atoms with Gasteiger partial charge in [0.2, 0.25) is 0 Å². The normalized spacial score (nSPS) is 45.0. The van der Waals surface area contributed by atoms with Gasteiger partial charge in [0.05, 0.1) is 6.10 Å². The van der Waals surface area contributed by atoms with Gasteiger partial charge in [-0.25, -0.2) is 0 Å². The molecule has 0 amide bonds. The highest BCUT2D eigenvalue weighted by atomic mass is 16.3. The van der Waals surface area contributed by atoms with E-state index in [0.717, 1.165) is 55.3 Å². The molecule has 0 radical (unpaired) electrons. The Hall–Kier alpha value is -0.630. The number of allylic oxidation sites excluding steroid dienone is 1. The van der Waals surface area contributed by atoms with Crippen LogP contribution >= 0.6 is 0 Å². The highest BCUT2D eigenvalue weighted by Crippen LogP contribution is 2.67. The van der Waals surface area contributed by atoms with Crippen LogP contribution in [0, 0.1) is 46.3 Å². The molecule has 0 aromatic carbocycles. The fourth-order valence-corrected chi connectivity index (χ4v) is 8.98. The first-order valence-electron chi connectivity index (χ1n) is 13.1. The Morgan fingerprint density at radius 2 is 1.90 bits per heavy atom. The Balaban J connectivity index is 1.48.